The molecule has 1 saturated carbocycles. The Bertz CT molecular complexity index is 1360. The third-order valence-electron chi connectivity index (χ3n) is 5.58. The molecule has 0 spiro atoms. The lowest BCUT2D eigenvalue weighted by molar-refractivity contribution is -0.116. The van der Waals surface area contributed by atoms with Crippen LogP contribution in [0.1, 0.15) is 61.1 Å². The van der Waals surface area contributed by atoms with Crippen molar-refractivity contribution in [2.24, 2.45) is 0 Å². The minimum absolute atomic E-state index is 0.0360. The number of rotatable bonds is 6. The number of nitrogens with one attached hydrogen (secondary N) is 1. The van der Waals surface area contributed by atoms with E-state index in [4.69, 9.17) is 0 Å². The van der Waals surface area contributed by atoms with Crippen molar-refractivity contribution in [3.8, 4) is 0 Å². The standard InChI is InChI=1S/C23H24N8O2/c1-23(2,3)31-10-18(17-9-25-13-26-22(17)31)21(33)15-6-16(8-24-7-15)27-20(32)12-30-11-19(28-29-30)14-4-5-14/h6-11,13-14H,4-5,12H2,1-3H3,(H,27,32). The van der Waals surface area contributed by atoms with Crippen LogP contribution in [0.4, 0.5) is 5.69 Å². The van der Waals surface area contributed by atoms with E-state index < -0.39 is 0 Å². The Morgan fingerprint density at radius 3 is 2.70 bits per heavy atom. The summed E-state index contributed by atoms with van der Waals surface area (Å²) in [4.78, 5) is 38.5. The Hall–Kier alpha value is -3.95. The summed E-state index contributed by atoms with van der Waals surface area (Å²) < 4.78 is 3.48. The summed E-state index contributed by atoms with van der Waals surface area (Å²) in [5.41, 5.74) is 2.64. The second-order valence-corrected chi connectivity index (χ2v) is 9.30. The summed E-state index contributed by atoms with van der Waals surface area (Å²) in [6, 6.07) is 1.62. The Balaban J connectivity index is 1.36. The Morgan fingerprint density at radius 1 is 1.12 bits per heavy atom. The molecule has 1 N–H and O–H groups in total. The van der Waals surface area contributed by atoms with Gasteiger partial charge in [-0.15, -0.1) is 5.10 Å². The number of carbonyl (C=O) groups is 2. The first-order chi connectivity index (χ1) is 15.8. The largest absolute Gasteiger partial charge is 0.326 e. The van der Waals surface area contributed by atoms with Gasteiger partial charge < -0.3 is 9.88 Å². The molecule has 10 heteroatoms. The quantitative estimate of drug-likeness (QED) is 0.454. The van der Waals surface area contributed by atoms with Gasteiger partial charge in [0.05, 0.1) is 23.1 Å². The van der Waals surface area contributed by atoms with Gasteiger partial charge >= 0.3 is 0 Å². The Labute approximate surface area is 190 Å². The predicted octanol–water partition coefficient (Wildman–Crippen LogP) is 2.92. The van der Waals surface area contributed by atoms with E-state index in [0.29, 0.717) is 33.8 Å². The summed E-state index contributed by atoms with van der Waals surface area (Å²) in [6.07, 6.45) is 12.0. The molecule has 4 aromatic rings. The van der Waals surface area contributed by atoms with Gasteiger partial charge in [0.15, 0.2) is 5.78 Å². The first-order valence-electron chi connectivity index (χ1n) is 10.8. The summed E-state index contributed by atoms with van der Waals surface area (Å²) in [6.45, 7) is 6.17. The highest BCUT2D eigenvalue weighted by molar-refractivity contribution is 6.16. The van der Waals surface area contributed by atoms with Crippen LogP contribution in [-0.4, -0.2) is 46.2 Å². The molecule has 4 heterocycles. The molecule has 0 aliphatic heterocycles. The van der Waals surface area contributed by atoms with Gasteiger partial charge in [0.2, 0.25) is 5.91 Å². The lowest BCUT2D eigenvalue weighted by atomic mass is 10.1. The average Bonchev–Trinajstić information content (AvgIpc) is 3.39. The van der Waals surface area contributed by atoms with Crippen molar-refractivity contribution in [3.05, 3.63) is 60.2 Å². The molecule has 1 amide bonds. The van der Waals surface area contributed by atoms with E-state index in [1.54, 1.807) is 18.5 Å². The summed E-state index contributed by atoms with van der Waals surface area (Å²) in [5, 5.41) is 11.6. The van der Waals surface area contributed by atoms with Gasteiger partial charge in [0.1, 0.15) is 18.5 Å². The number of pyridine rings is 1. The molecule has 33 heavy (non-hydrogen) atoms. The maximum absolute atomic E-state index is 13.4. The normalized spacial score (nSPS) is 13.9. The molecule has 10 nitrogen and oxygen atoms in total. The maximum Gasteiger partial charge on any atom is 0.246 e. The van der Waals surface area contributed by atoms with Crippen molar-refractivity contribution in [2.75, 3.05) is 5.32 Å². The molecule has 0 saturated heterocycles. The molecule has 0 atom stereocenters. The number of hydrogen-bond acceptors (Lipinski definition) is 7. The fourth-order valence-electron chi connectivity index (χ4n) is 3.75. The van der Waals surface area contributed by atoms with Gasteiger partial charge in [-0.05, 0) is 39.7 Å². The van der Waals surface area contributed by atoms with Crippen LogP contribution in [0.3, 0.4) is 0 Å². The summed E-state index contributed by atoms with van der Waals surface area (Å²) in [5.74, 6) is -0.0125. The van der Waals surface area contributed by atoms with Crippen LogP contribution in [0.5, 0.6) is 0 Å². The third kappa shape index (κ3) is 4.23. The van der Waals surface area contributed by atoms with E-state index in [1.807, 2.05) is 31.5 Å². The fourth-order valence-corrected chi connectivity index (χ4v) is 3.75. The van der Waals surface area contributed by atoms with Crippen LogP contribution in [0, 0.1) is 0 Å². The number of amides is 1. The highest BCUT2D eigenvalue weighted by atomic mass is 16.2. The van der Waals surface area contributed by atoms with Gasteiger partial charge in [-0.1, -0.05) is 5.21 Å². The zero-order valence-electron chi connectivity index (χ0n) is 18.7. The van der Waals surface area contributed by atoms with Crippen molar-refractivity contribution in [2.45, 2.75) is 51.6 Å². The highest BCUT2D eigenvalue weighted by Crippen LogP contribution is 2.38. The molecule has 0 bridgehead atoms. The van der Waals surface area contributed by atoms with E-state index in [-0.39, 0.29) is 23.8 Å². The van der Waals surface area contributed by atoms with Crippen molar-refractivity contribution in [1.82, 2.24) is 34.5 Å². The molecule has 1 aliphatic rings. The van der Waals surface area contributed by atoms with Gasteiger partial charge in [-0.3, -0.25) is 14.6 Å². The zero-order valence-corrected chi connectivity index (χ0v) is 18.7. The highest BCUT2D eigenvalue weighted by Gasteiger charge is 2.27. The minimum Gasteiger partial charge on any atom is -0.326 e. The second-order valence-electron chi connectivity index (χ2n) is 9.30. The lowest BCUT2D eigenvalue weighted by Crippen LogP contribution is -2.21. The molecule has 0 unspecified atom stereocenters. The van der Waals surface area contributed by atoms with Gasteiger partial charge in [-0.2, -0.15) is 0 Å². The average molecular weight is 444 g/mol. The van der Waals surface area contributed by atoms with Crippen molar-refractivity contribution < 1.29 is 9.59 Å². The number of aromatic nitrogens is 7. The van der Waals surface area contributed by atoms with Gasteiger partial charge in [-0.25, -0.2) is 14.6 Å². The molecule has 5 rings (SSSR count). The first kappa shape index (κ1) is 20.9. The Morgan fingerprint density at radius 2 is 1.94 bits per heavy atom. The lowest BCUT2D eigenvalue weighted by Gasteiger charge is -2.21. The molecular weight excluding hydrogens is 420 g/mol. The molecule has 1 aliphatic carbocycles. The topological polar surface area (TPSA) is 120 Å². The van der Waals surface area contributed by atoms with Crippen LogP contribution in [0.15, 0.2) is 43.4 Å². The molecule has 4 aromatic heterocycles. The minimum atomic E-state index is -0.272. The Kier molecular flexibility index (Phi) is 4.99. The molecule has 1 fully saturated rings. The van der Waals surface area contributed by atoms with Crippen molar-refractivity contribution >= 4 is 28.4 Å². The van der Waals surface area contributed by atoms with E-state index in [1.165, 1.54) is 23.4 Å². The number of anilines is 1. The van der Waals surface area contributed by atoms with Crippen LogP contribution in [0.25, 0.3) is 11.0 Å². The number of carbonyl (C=O) groups excluding carboxylic acids is 2. The molecule has 168 valence electrons. The van der Waals surface area contributed by atoms with E-state index in [0.717, 1.165) is 18.5 Å². The summed E-state index contributed by atoms with van der Waals surface area (Å²) in [7, 11) is 0. The monoisotopic (exact) mass is 444 g/mol. The smallest absolute Gasteiger partial charge is 0.246 e. The van der Waals surface area contributed by atoms with E-state index in [9.17, 15) is 9.59 Å². The third-order valence-corrected chi connectivity index (χ3v) is 5.58. The van der Waals surface area contributed by atoms with Crippen molar-refractivity contribution in [1.29, 1.82) is 0 Å². The van der Waals surface area contributed by atoms with E-state index >= 15 is 0 Å². The molecular formula is C23H24N8O2. The SMILES string of the molecule is CC(C)(C)n1cc(C(=O)c2cncc(NC(=O)Cn3cc(C4CC4)nn3)c2)c2cncnc21. The second kappa shape index (κ2) is 7.88. The van der Waals surface area contributed by atoms with Crippen LogP contribution in [0.2, 0.25) is 0 Å². The van der Waals surface area contributed by atoms with Crippen LogP contribution in [-0.2, 0) is 16.9 Å². The maximum atomic E-state index is 13.4. The van der Waals surface area contributed by atoms with Crippen LogP contribution >= 0.6 is 0 Å². The van der Waals surface area contributed by atoms with Gasteiger partial charge in [0, 0.05) is 47.2 Å². The molecule has 0 radical (unpaired) electrons. The fraction of sp³-hybridized carbons (Fsp3) is 0.348. The first-order valence-corrected chi connectivity index (χ1v) is 10.8. The molecule has 0 aromatic carbocycles. The summed E-state index contributed by atoms with van der Waals surface area (Å²) >= 11 is 0. The van der Waals surface area contributed by atoms with E-state index in [2.05, 4.69) is 30.6 Å². The number of nitrogens with zero attached hydrogens (tertiary/aromatic N) is 7. The zero-order chi connectivity index (χ0) is 23.2. The van der Waals surface area contributed by atoms with Crippen molar-refractivity contribution in [3.63, 3.8) is 0 Å². The number of ketones is 1. The van der Waals surface area contributed by atoms with Crippen LogP contribution < -0.4 is 5.32 Å². The number of hydrogen-bond donors (Lipinski definition) is 1. The number of fused-ring (bicyclic) bond motifs is 1. The predicted molar refractivity (Wildman–Crippen MR) is 121 cm³/mol. The van der Waals surface area contributed by atoms with Gasteiger partial charge in [0.25, 0.3) is 0 Å².